The molecule has 0 spiro atoms. The molecule has 0 bridgehead atoms. The van der Waals surface area contributed by atoms with Crippen LogP contribution in [0.3, 0.4) is 0 Å². The minimum atomic E-state index is -5.71. The van der Waals surface area contributed by atoms with Gasteiger partial charge in [-0.1, -0.05) is 63.2 Å². The van der Waals surface area contributed by atoms with Gasteiger partial charge >= 0.3 is 13.3 Å². The number of hydrogen-bond donors (Lipinski definition) is 3. The first kappa shape index (κ1) is 35.4. The lowest BCUT2D eigenvalue weighted by atomic mass is 9.85. The topological polar surface area (TPSA) is 127 Å². The number of anilines is 2. The average Bonchev–Trinajstić information content (AvgIpc) is 3.49. The van der Waals surface area contributed by atoms with E-state index in [-0.39, 0.29) is 5.91 Å². The third-order valence-electron chi connectivity index (χ3n) is 7.59. The Hall–Kier alpha value is -3.45. The van der Waals surface area contributed by atoms with Crippen molar-refractivity contribution in [3.63, 3.8) is 0 Å². The maximum atomic E-state index is 14.2. The second-order valence-electron chi connectivity index (χ2n) is 12.0. The van der Waals surface area contributed by atoms with E-state index in [0.717, 1.165) is 21.8 Å². The minimum absolute atomic E-state index is 0.259. The molecule has 13 heteroatoms. The summed E-state index contributed by atoms with van der Waals surface area (Å²) in [7, 11) is -5.71. The summed E-state index contributed by atoms with van der Waals surface area (Å²) < 4.78 is 40.1. The van der Waals surface area contributed by atoms with Gasteiger partial charge in [-0.3, -0.25) is 23.8 Å². The van der Waals surface area contributed by atoms with Crippen LogP contribution in [0.15, 0.2) is 84.9 Å². The van der Waals surface area contributed by atoms with Crippen molar-refractivity contribution in [2.45, 2.75) is 51.4 Å². The predicted molar refractivity (Wildman–Crippen MR) is 180 cm³/mol. The van der Waals surface area contributed by atoms with Crippen LogP contribution in [-0.4, -0.2) is 51.0 Å². The van der Waals surface area contributed by atoms with Crippen molar-refractivity contribution >= 4 is 65.4 Å². The lowest BCUT2D eigenvalue weighted by molar-refractivity contribution is -0.142. The molecule has 0 aliphatic carbocycles. The van der Waals surface area contributed by atoms with Crippen LogP contribution in [0.2, 0.25) is 0 Å². The monoisotopic (exact) mass is 765 g/mol. The Balaban J connectivity index is 1.53. The van der Waals surface area contributed by atoms with Gasteiger partial charge in [0.05, 0.1) is 0 Å². The van der Waals surface area contributed by atoms with E-state index >= 15 is 0 Å². The standard InChI is InChI=1S/C33H35F2IN3O6P/c1-32(2,3)29(37-28(40)20-13-22-11-14-23(15-12-22)33(34,35)46(43,44)45)31(42)38-21-7-10-27(38)30(41)39(25-8-5-4-6-9-25)26-18-16-24(36)17-19-26/h4-6,8-9,11-20,27,29H,7,10,21H2,1-3H3,(H,37,40)(H2,43,44,45)/b20-13+/t27-,29?/m0/s1. The molecular formula is C33H35F2IN3O6P. The third-order valence-corrected chi connectivity index (χ3v) is 9.30. The molecule has 1 aliphatic heterocycles. The van der Waals surface area contributed by atoms with Gasteiger partial charge in [0.25, 0.3) is 5.91 Å². The lowest BCUT2D eigenvalue weighted by Crippen LogP contribution is -2.57. The molecule has 3 amide bonds. The number of nitrogens with one attached hydrogen (secondary N) is 1. The highest BCUT2D eigenvalue weighted by atomic mass is 127. The Morgan fingerprint density at radius 1 is 0.978 bits per heavy atom. The molecule has 1 saturated heterocycles. The maximum absolute atomic E-state index is 14.2. The average molecular weight is 766 g/mol. The number of benzene rings is 3. The molecule has 3 aromatic carbocycles. The van der Waals surface area contributed by atoms with Gasteiger partial charge in [0.2, 0.25) is 11.8 Å². The zero-order valence-electron chi connectivity index (χ0n) is 25.4. The van der Waals surface area contributed by atoms with Crippen molar-refractivity contribution < 1.29 is 37.5 Å². The molecule has 9 nitrogen and oxygen atoms in total. The summed E-state index contributed by atoms with van der Waals surface area (Å²) in [4.78, 5) is 62.3. The summed E-state index contributed by atoms with van der Waals surface area (Å²) in [5.41, 5.74) is -4.29. The Labute approximate surface area is 280 Å². The van der Waals surface area contributed by atoms with Crippen molar-refractivity contribution in [1.82, 2.24) is 10.2 Å². The van der Waals surface area contributed by atoms with Crippen molar-refractivity contribution in [2.75, 3.05) is 11.4 Å². The highest BCUT2D eigenvalue weighted by Gasteiger charge is 2.50. The summed E-state index contributed by atoms with van der Waals surface area (Å²) in [5, 5.41) is 2.75. The fourth-order valence-corrected chi connectivity index (χ4v) is 5.99. The van der Waals surface area contributed by atoms with Crippen LogP contribution in [0.5, 0.6) is 0 Å². The summed E-state index contributed by atoms with van der Waals surface area (Å²) in [6.45, 7) is 5.74. The maximum Gasteiger partial charge on any atom is 0.399 e. The van der Waals surface area contributed by atoms with Crippen LogP contribution in [-0.2, 0) is 24.6 Å². The highest BCUT2D eigenvalue weighted by Crippen LogP contribution is 2.59. The van der Waals surface area contributed by atoms with Crippen molar-refractivity contribution in [2.24, 2.45) is 5.41 Å². The van der Waals surface area contributed by atoms with Gasteiger partial charge < -0.3 is 20.0 Å². The van der Waals surface area contributed by atoms with Gasteiger partial charge in [0.15, 0.2) is 0 Å². The SMILES string of the molecule is CC(C)(C)C(NC(=O)/C=C/c1ccc(C(F)(F)P(=O)(O)O)cc1)C(=O)N1CCC[C@H]1C(=O)N(c1ccccc1)c1ccc(I)cc1. The Bertz CT molecular complexity index is 1640. The number of amides is 3. The van der Waals surface area contributed by atoms with E-state index < -0.39 is 48.1 Å². The van der Waals surface area contributed by atoms with E-state index in [1.807, 2.05) is 54.6 Å². The molecule has 1 unspecified atom stereocenters. The van der Waals surface area contributed by atoms with Gasteiger partial charge in [-0.2, -0.15) is 8.78 Å². The molecule has 0 aromatic heterocycles. The lowest BCUT2D eigenvalue weighted by Gasteiger charge is -2.36. The van der Waals surface area contributed by atoms with E-state index in [2.05, 4.69) is 27.9 Å². The Morgan fingerprint density at radius 2 is 1.57 bits per heavy atom. The molecular weight excluding hydrogens is 730 g/mol. The quantitative estimate of drug-likeness (QED) is 0.131. The molecule has 3 N–H and O–H groups in total. The molecule has 46 heavy (non-hydrogen) atoms. The number of carbonyl (C=O) groups is 3. The van der Waals surface area contributed by atoms with Gasteiger partial charge in [-0.25, -0.2) is 0 Å². The molecule has 0 saturated carbocycles. The number of halogens is 3. The summed E-state index contributed by atoms with van der Waals surface area (Å²) >= 11 is 2.19. The minimum Gasteiger partial charge on any atom is -0.340 e. The molecule has 1 aliphatic rings. The van der Waals surface area contributed by atoms with Crippen LogP contribution in [0.25, 0.3) is 6.08 Å². The summed E-state index contributed by atoms with van der Waals surface area (Å²) in [6, 6.07) is 19.1. The molecule has 1 fully saturated rings. The van der Waals surface area contributed by atoms with E-state index in [1.165, 1.54) is 23.1 Å². The van der Waals surface area contributed by atoms with Gasteiger partial charge in [-0.05, 0) is 88.9 Å². The van der Waals surface area contributed by atoms with E-state index in [9.17, 15) is 27.7 Å². The molecule has 0 radical (unpaired) electrons. The highest BCUT2D eigenvalue weighted by molar-refractivity contribution is 14.1. The fraction of sp³-hybridized carbons (Fsp3) is 0.303. The summed E-state index contributed by atoms with van der Waals surface area (Å²) in [5.74, 6) is -1.28. The first-order valence-corrected chi connectivity index (χ1v) is 17.2. The van der Waals surface area contributed by atoms with Crippen LogP contribution in [0.4, 0.5) is 20.2 Å². The molecule has 2 atom stereocenters. The predicted octanol–water partition coefficient (Wildman–Crippen LogP) is 6.42. The largest absolute Gasteiger partial charge is 0.399 e. The Kier molecular flexibility index (Phi) is 10.9. The van der Waals surface area contributed by atoms with Crippen molar-refractivity contribution in [3.05, 3.63) is 99.6 Å². The van der Waals surface area contributed by atoms with Gasteiger partial charge in [-0.15, -0.1) is 0 Å². The number of rotatable bonds is 9. The smallest absolute Gasteiger partial charge is 0.340 e. The first-order chi connectivity index (χ1) is 21.5. The second kappa shape index (κ2) is 14.1. The van der Waals surface area contributed by atoms with Crippen molar-refractivity contribution in [1.29, 1.82) is 0 Å². The third kappa shape index (κ3) is 8.09. The van der Waals surface area contributed by atoms with Crippen LogP contribution in [0.1, 0.15) is 44.7 Å². The van der Waals surface area contributed by atoms with Crippen LogP contribution >= 0.6 is 30.2 Å². The fourth-order valence-electron chi connectivity index (χ4n) is 5.15. The van der Waals surface area contributed by atoms with E-state index in [1.54, 1.807) is 25.7 Å². The van der Waals surface area contributed by atoms with E-state index in [4.69, 9.17) is 9.79 Å². The number of nitrogens with zero attached hydrogens (tertiary/aromatic N) is 2. The normalized spacial score (nSPS) is 16.3. The van der Waals surface area contributed by atoms with Crippen LogP contribution in [0, 0.1) is 8.99 Å². The van der Waals surface area contributed by atoms with Gasteiger partial charge in [0.1, 0.15) is 12.1 Å². The molecule has 3 aromatic rings. The number of likely N-dealkylation sites (tertiary alicyclic amines) is 1. The molecule has 244 valence electrons. The van der Waals surface area contributed by atoms with Crippen molar-refractivity contribution in [3.8, 4) is 0 Å². The first-order valence-electron chi connectivity index (χ1n) is 14.5. The zero-order valence-corrected chi connectivity index (χ0v) is 28.5. The molecule has 4 rings (SSSR count). The number of carbonyl (C=O) groups excluding carboxylic acids is 3. The Morgan fingerprint density at radius 3 is 2.13 bits per heavy atom. The second-order valence-corrected chi connectivity index (χ2v) is 14.9. The summed E-state index contributed by atoms with van der Waals surface area (Å²) in [6.07, 6.45) is 3.54. The number of hydrogen-bond acceptors (Lipinski definition) is 4. The number of para-hydroxylation sites is 1. The number of alkyl halides is 2. The molecule has 1 heterocycles. The van der Waals surface area contributed by atoms with E-state index in [0.29, 0.717) is 36.3 Å². The van der Waals surface area contributed by atoms with Gasteiger partial charge in [0, 0.05) is 33.1 Å². The zero-order chi connectivity index (χ0) is 33.9. The van der Waals surface area contributed by atoms with Crippen LogP contribution < -0.4 is 10.2 Å².